The SMILES string of the molecule is O=C([O-])Cl.O=C([O-])Cl.[Zn+2]. The molecule has 0 fully saturated rings. The molecule has 0 heterocycles. The van der Waals surface area contributed by atoms with Crippen LogP contribution in [-0.4, -0.2) is 10.9 Å². The third-order valence-corrected chi connectivity index (χ3v) is 0. The fraction of sp³-hybridized carbons (Fsp3) is 0. The zero-order valence-corrected chi connectivity index (χ0v) is 8.58. The summed E-state index contributed by atoms with van der Waals surface area (Å²) in [6, 6.07) is 0. The summed E-state index contributed by atoms with van der Waals surface area (Å²) in [5.74, 6) is 0. The quantitative estimate of drug-likeness (QED) is 0.396. The molecule has 9 heavy (non-hydrogen) atoms. The Morgan fingerprint density at radius 2 is 1.00 bits per heavy atom. The van der Waals surface area contributed by atoms with Gasteiger partial charge in [-0.3, -0.25) is 0 Å². The zero-order valence-electron chi connectivity index (χ0n) is 4.10. The minimum Gasteiger partial charge on any atom is -0.534 e. The molecule has 4 nitrogen and oxygen atoms in total. The molecular formula is C2Cl2O4Zn. The second kappa shape index (κ2) is 11.0. The fourth-order valence-electron chi connectivity index (χ4n) is 0. The molecule has 0 aliphatic carbocycles. The van der Waals surface area contributed by atoms with Crippen LogP contribution in [0.15, 0.2) is 0 Å². The molecule has 0 spiro atoms. The van der Waals surface area contributed by atoms with Crippen molar-refractivity contribution in [3.63, 3.8) is 0 Å². The van der Waals surface area contributed by atoms with Crippen LogP contribution in [0.3, 0.4) is 0 Å². The third kappa shape index (κ3) is 15000. The standard InChI is InChI=1S/2CHClO2.Zn/c2*2-1(3)4;/h2*(H,3,4);/q;;+2/p-2. The minimum atomic E-state index is -1.61. The molecule has 0 atom stereocenters. The molecule has 7 heteroatoms. The van der Waals surface area contributed by atoms with Crippen LogP contribution < -0.4 is 10.2 Å². The monoisotopic (exact) mass is 222 g/mol. The van der Waals surface area contributed by atoms with E-state index in [-0.39, 0.29) is 19.5 Å². The molecule has 0 bridgehead atoms. The van der Waals surface area contributed by atoms with Crippen molar-refractivity contribution in [2.45, 2.75) is 0 Å². The Labute approximate surface area is 73.5 Å². The zero-order chi connectivity index (χ0) is 7.15. The smallest absolute Gasteiger partial charge is 0.534 e. The average molecular weight is 224 g/mol. The maximum atomic E-state index is 8.65. The first-order valence-electron chi connectivity index (χ1n) is 1.19. The molecule has 0 rings (SSSR count). The van der Waals surface area contributed by atoms with E-state index in [0.29, 0.717) is 0 Å². The molecule has 0 amide bonds. The predicted molar refractivity (Wildman–Crippen MR) is 22.5 cm³/mol. The van der Waals surface area contributed by atoms with Crippen molar-refractivity contribution in [1.82, 2.24) is 0 Å². The van der Waals surface area contributed by atoms with Crippen molar-refractivity contribution in [1.29, 1.82) is 0 Å². The molecule has 0 aromatic heterocycles. The largest absolute Gasteiger partial charge is 2.00 e. The Morgan fingerprint density at radius 3 is 1.00 bits per heavy atom. The third-order valence-electron chi connectivity index (χ3n) is 0. The number of hydrogen-bond acceptors (Lipinski definition) is 4. The molecule has 0 aromatic carbocycles. The van der Waals surface area contributed by atoms with Gasteiger partial charge in [0.15, 0.2) is 0 Å². The topological polar surface area (TPSA) is 80.3 Å². The molecule has 0 aliphatic rings. The summed E-state index contributed by atoms with van der Waals surface area (Å²) in [5, 5.41) is 17.3. The molecule has 0 saturated heterocycles. The van der Waals surface area contributed by atoms with Crippen molar-refractivity contribution in [3.05, 3.63) is 0 Å². The Bertz CT molecular complexity index is 74.6. The summed E-state index contributed by atoms with van der Waals surface area (Å²) < 4.78 is 0. The Morgan fingerprint density at radius 1 is 1.00 bits per heavy atom. The fourth-order valence-corrected chi connectivity index (χ4v) is 0. The van der Waals surface area contributed by atoms with Crippen LogP contribution in [-0.2, 0) is 19.5 Å². The van der Waals surface area contributed by atoms with Crippen LogP contribution in [0.1, 0.15) is 0 Å². The van der Waals surface area contributed by atoms with E-state index in [1.54, 1.807) is 0 Å². The van der Waals surface area contributed by atoms with Gasteiger partial charge in [0, 0.05) is 0 Å². The van der Waals surface area contributed by atoms with Gasteiger partial charge in [0.2, 0.25) is 0 Å². The summed E-state index contributed by atoms with van der Waals surface area (Å²) in [6.45, 7) is 0. The molecule has 0 N–H and O–H groups in total. The molecular weight excluding hydrogens is 224 g/mol. The van der Waals surface area contributed by atoms with Gasteiger partial charge in [-0.05, 0) is 0 Å². The summed E-state index contributed by atoms with van der Waals surface area (Å²) in [4.78, 5) is 17.3. The summed E-state index contributed by atoms with van der Waals surface area (Å²) >= 11 is 8.16. The maximum absolute atomic E-state index is 8.65. The van der Waals surface area contributed by atoms with Crippen molar-refractivity contribution < 1.29 is 39.3 Å². The number of rotatable bonds is 0. The van der Waals surface area contributed by atoms with E-state index in [4.69, 9.17) is 19.8 Å². The average Bonchev–Trinajstić information content (AvgIpc) is 1.25. The van der Waals surface area contributed by atoms with Gasteiger partial charge >= 0.3 is 19.5 Å². The second-order valence-electron chi connectivity index (χ2n) is 0.475. The van der Waals surface area contributed by atoms with Crippen LogP contribution in [0, 0.1) is 0 Å². The Kier molecular flexibility index (Phi) is 19.7. The van der Waals surface area contributed by atoms with Crippen molar-refractivity contribution in [2.75, 3.05) is 0 Å². The van der Waals surface area contributed by atoms with Crippen LogP contribution in [0.25, 0.3) is 0 Å². The Hall–Kier alpha value is 0.143. The number of carbonyl (C=O) groups excluding carboxylic acids is 2. The van der Waals surface area contributed by atoms with E-state index in [9.17, 15) is 0 Å². The van der Waals surface area contributed by atoms with E-state index in [0.717, 1.165) is 0 Å². The summed E-state index contributed by atoms with van der Waals surface area (Å²) in [6.07, 6.45) is 0. The predicted octanol–water partition coefficient (Wildman–Crippen LogP) is -0.865. The van der Waals surface area contributed by atoms with Gasteiger partial charge in [0.1, 0.15) is 10.9 Å². The van der Waals surface area contributed by atoms with Gasteiger partial charge in [0.25, 0.3) is 0 Å². The number of halogens is 2. The first-order chi connectivity index (χ1) is 3.46. The van der Waals surface area contributed by atoms with Gasteiger partial charge in [0.05, 0.1) is 0 Å². The first-order valence-corrected chi connectivity index (χ1v) is 1.95. The number of carbonyl (C=O) groups is 2. The van der Waals surface area contributed by atoms with Crippen LogP contribution in [0.5, 0.6) is 0 Å². The summed E-state index contributed by atoms with van der Waals surface area (Å²) in [5.41, 5.74) is -3.22. The van der Waals surface area contributed by atoms with E-state index in [1.807, 2.05) is 0 Å². The molecule has 0 saturated carbocycles. The van der Waals surface area contributed by atoms with Crippen LogP contribution >= 0.6 is 23.2 Å². The molecule has 48 valence electrons. The van der Waals surface area contributed by atoms with Gasteiger partial charge in [-0.15, -0.1) is 0 Å². The number of carboxylic acid groups (broad SMARTS) is 2. The van der Waals surface area contributed by atoms with Crippen LogP contribution in [0.4, 0.5) is 9.59 Å². The van der Waals surface area contributed by atoms with Gasteiger partial charge in [-0.25, -0.2) is 0 Å². The van der Waals surface area contributed by atoms with Crippen LogP contribution in [0.2, 0.25) is 0 Å². The Balaban J connectivity index is -0.0000000720. The minimum absolute atomic E-state index is 0. The van der Waals surface area contributed by atoms with E-state index in [2.05, 4.69) is 23.2 Å². The first kappa shape index (κ1) is 16.1. The van der Waals surface area contributed by atoms with Crippen molar-refractivity contribution >= 4 is 34.1 Å². The number of hydrogen-bond donors (Lipinski definition) is 0. The summed E-state index contributed by atoms with van der Waals surface area (Å²) in [7, 11) is 0. The van der Waals surface area contributed by atoms with Gasteiger partial charge in [-0.2, -0.15) is 0 Å². The molecule has 0 radical (unpaired) electrons. The molecule has 0 unspecified atom stereocenters. The van der Waals surface area contributed by atoms with Crippen molar-refractivity contribution in [2.24, 2.45) is 0 Å². The van der Waals surface area contributed by atoms with E-state index < -0.39 is 10.9 Å². The van der Waals surface area contributed by atoms with Crippen molar-refractivity contribution in [3.8, 4) is 0 Å². The van der Waals surface area contributed by atoms with E-state index in [1.165, 1.54) is 0 Å². The normalized spacial score (nSPS) is 5.56. The van der Waals surface area contributed by atoms with Gasteiger partial charge < -0.3 is 19.8 Å². The second-order valence-corrected chi connectivity index (χ2v) is 1.09. The molecule has 0 aliphatic heterocycles. The maximum Gasteiger partial charge on any atom is 2.00 e. The molecule has 0 aromatic rings. The van der Waals surface area contributed by atoms with Gasteiger partial charge in [-0.1, -0.05) is 23.2 Å². The van der Waals surface area contributed by atoms with E-state index >= 15 is 0 Å².